The highest BCUT2D eigenvalue weighted by atomic mass is 16.5. The van der Waals surface area contributed by atoms with Crippen LogP contribution in [0.3, 0.4) is 0 Å². The lowest BCUT2D eigenvalue weighted by atomic mass is 9.93. The Morgan fingerprint density at radius 3 is 2.35 bits per heavy atom. The van der Waals surface area contributed by atoms with Crippen molar-refractivity contribution in [3.8, 4) is 0 Å². The molecule has 0 aromatic heterocycles. The smallest absolute Gasteiger partial charge is 0.325 e. The van der Waals surface area contributed by atoms with E-state index in [2.05, 4.69) is 37.9 Å². The zero-order chi connectivity index (χ0) is 15.6. The van der Waals surface area contributed by atoms with Gasteiger partial charge in [-0.1, -0.05) is 13.8 Å². The maximum absolute atomic E-state index is 12.0. The topological polar surface area (TPSA) is 41.6 Å². The van der Waals surface area contributed by atoms with Gasteiger partial charge in [-0.2, -0.15) is 0 Å². The molecule has 20 heavy (non-hydrogen) atoms. The monoisotopic (exact) mass is 286 g/mol. The molecule has 0 radical (unpaired) electrons. The summed E-state index contributed by atoms with van der Waals surface area (Å²) < 4.78 is 4.94. The van der Waals surface area contributed by atoms with Gasteiger partial charge in [0, 0.05) is 6.04 Å². The van der Waals surface area contributed by atoms with Gasteiger partial charge in [0.05, 0.1) is 7.11 Å². The van der Waals surface area contributed by atoms with Crippen molar-refractivity contribution in [3.63, 3.8) is 0 Å². The summed E-state index contributed by atoms with van der Waals surface area (Å²) in [6.07, 6.45) is 4.18. The standard InChI is InChI=1S/C16H34N2O2/c1-7-12-18(8-2)13-10-9-11-16(5,15(19)20-6)17-14(3)4/h14,17H,7-13H2,1-6H3. The maximum atomic E-state index is 12.0. The molecule has 4 heteroatoms. The zero-order valence-corrected chi connectivity index (χ0v) is 14.3. The zero-order valence-electron chi connectivity index (χ0n) is 14.3. The van der Waals surface area contributed by atoms with Crippen LogP contribution in [0.2, 0.25) is 0 Å². The third kappa shape index (κ3) is 7.25. The number of hydrogen-bond donors (Lipinski definition) is 1. The molecule has 0 rings (SSSR count). The summed E-state index contributed by atoms with van der Waals surface area (Å²) in [7, 11) is 1.46. The normalized spacial score (nSPS) is 14.6. The van der Waals surface area contributed by atoms with E-state index in [-0.39, 0.29) is 12.0 Å². The summed E-state index contributed by atoms with van der Waals surface area (Å²) in [4.78, 5) is 14.4. The molecule has 0 aromatic rings. The second kappa shape index (κ2) is 10.2. The SMILES string of the molecule is CCCN(CC)CCCCC(C)(NC(C)C)C(=O)OC. The molecule has 1 unspecified atom stereocenters. The number of unbranched alkanes of at least 4 members (excludes halogenated alkanes) is 1. The predicted molar refractivity (Wildman–Crippen MR) is 84.9 cm³/mol. The van der Waals surface area contributed by atoms with Gasteiger partial charge in [0.25, 0.3) is 0 Å². The van der Waals surface area contributed by atoms with Crippen LogP contribution in [0.25, 0.3) is 0 Å². The minimum Gasteiger partial charge on any atom is -0.468 e. The van der Waals surface area contributed by atoms with Crippen molar-refractivity contribution in [2.24, 2.45) is 0 Å². The maximum Gasteiger partial charge on any atom is 0.325 e. The molecule has 0 bridgehead atoms. The number of hydrogen-bond acceptors (Lipinski definition) is 4. The predicted octanol–water partition coefficient (Wildman–Crippen LogP) is 2.82. The van der Waals surface area contributed by atoms with Gasteiger partial charge < -0.3 is 9.64 Å². The Hall–Kier alpha value is -0.610. The molecule has 1 atom stereocenters. The summed E-state index contributed by atoms with van der Waals surface area (Å²) in [5.74, 6) is -0.160. The molecule has 0 heterocycles. The number of carbonyl (C=O) groups excluding carboxylic acids is 1. The van der Waals surface area contributed by atoms with E-state index in [0.717, 1.165) is 38.9 Å². The van der Waals surface area contributed by atoms with Gasteiger partial charge in [0.2, 0.25) is 0 Å². The van der Waals surface area contributed by atoms with Crippen molar-refractivity contribution in [1.29, 1.82) is 0 Å². The number of esters is 1. The first-order chi connectivity index (χ1) is 9.39. The molecule has 0 saturated heterocycles. The Bertz CT molecular complexity index is 269. The van der Waals surface area contributed by atoms with E-state index in [1.165, 1.54) is 13.5 Å². The lowest BCUT2D eigenvalue weighted by molar-refractivity contribution is -0.148. The average molecular weight is 286 g/mol. The Balaban J connectivity index is 4.24. The first-order valence-electron chi connectivity index (χ1n) is 7.98. The van der Waals surface area contributed by atoms with E-state index in [1.807, 2.05) is 6.92 Å². The minimum absolute atomic E-state index is 0.160. The quantitative estimate of drug-likeness (QED) is 0.468. The van der Waals surface area contributed by atoms with Gasteiger partial charge in [-0.15, -0.1) is 0 Å². The van der Waals surface area contributed by atoms with E-state index in [1.54, 1.807) is 0 Å². The van der Waals surface area contributed by atoms with E-state index in [0.29, 0.717) is 0 Å². The highest BCUT2D eigenvalue weighted by Crippen LogP contribution is 2.17. The molecule has 0 aliphatic heterocycles. The second-order valence-electron chi connectivity index (χ2n) is 6.01. The van der Waals surface area contributed by atoms with E-state index >= 15 is 0 Å². The van der Waals surface area contributed by atoms with Crippen LogP contribution in [0, 0.1) is 0 Å². The number of ether oxygens (including phenoxy) is 1. The fourth-order valence-electron chi connectivity index (χ4n) is 2.65. The van der Waals surface area contributed by atoms with Crippen molar-refractivity contribution in [2.75, 3.05) is 26.7 Å². The molecule has 4 nitrogen and oxygen atoms in total. The van der Waals surface area contributed by atoms with Crippen molar-refractivity contribution < 1.29 is 9.53 Å². The molecule has 0 aliphatic carbocycles. The van der Waals surface area contributed by atoms with E-state index < -0.39 is 5.54 Å². The molecule has 0 fully saturated rings. The second-order valence-corrected chi connectivity index (χ2v) is 6.01. The van der Waals surface area contributed by atoms with E-state index in [9.17, 15) is 4.79 Å². The van der Waals surface area contributed by atoms with Crippen LogP contribution in [0.15, 0.2) is 0 Å². The summed E-state index contributed by atoms with van der Waals surface area (Å²) in [6, 6.07) is 0.270. The summed E-state index contributed by atoms with van der Waals surface area (Å²) in [6.45, 7) is 13.9. The number of methoxy groups -OCH3 is 1. The van der Waals surface area contributed by atoms with Crippen molar-refractivity contribution in [3.05, 3.63) is 0 Å². The highest BCUT2D eigenvalue weighted by Gasteiger charge is 2.33. The van der Waals surface area contributed by atoms with Gasteiger partial charge in [-0.25, -0.2) is 0 Å². The Labute approximate surface area is 125 Å². The van der Waals surface area contributed by atoms with E-state index in [4.69, 9.17) is 4.74 Å². The third-order valence-corrected chi connectivity index (χ3v) is 3.63. The Morgan fingerprint density at radius 1 is 1.25 bits per heavy atom. The van der Waals surface area contributed by atoms with Crippen LogP contribution in [0.5, 0.6) is 0 Å². The fraction of sp³-hybridized carbons (Fsp3) is 0.938. The Morgan fingerprint density at radius 2 is 1.90 bits per heavy atom. The van der Waals surface area contributed by atoms with Crippen molar-refractivity contribution >= 4 is 5.97 Å². The molecule has 1 N–H and O–H groups in total. The lowest BCUT2D eigenvalue weighted by Crippen LogP contribution is -2.53. The number of carbonyl (C=O) groups is 1. The first-order valence-corrected chi connectivity index (χ1v) is 7.98. The largest absolute Gasteiger partial charge is 0.468 e. The first kappa shape index (κ1) is 19.4. The molecule has 120 valence electrons. The Kier molecular flexibility index (Phi) is 9.86. The summed E-state index contributed by atoms with van der Waals surface area (Å²) in [5, 5.41) is 3.35. The highest BCUT2D eigenvalue weighted by molar-refractivity contribution is 5.80. The number of nitrogens with zero attached hydrogens (tertiary/aromatic N) is 1. The van der Waals surface area contributed by atoms with Crippen LogP contribution in [-0.4, -0.2) is 49.2 Å². The van der Waals surface area contributed by atoms with Crippen LogP contribution in [-0.2, 0) is 9.53 Å². The summed E-state index contributed by atoms with van der Waals surface area (Å²) in [5.41, 5.74) is -0.565. The molecule has 0 aromatic carbocycles. The number of nitrogens with one attached hydrogen (secondary N) is 1. The molecule has 0 spiro atoms. The molecule has 0 amide bonds. The average Bonchev–Trinajstić information content (AvgIpc) is 2.40. The molecule has 0 aliphatic rings. The fourth-order valence-corrected chi connectivity index (χ4v) is 2.65. The van der Waals surface area contributed by atoms with Crippen LogP contribution >= 0.6 is 0 Å². The van der Waals surface area contributed by atoms with Crippen molar-refractivity contribution in [1.82, 2.24) is 10.2 Å². The van der Waals surface area contributed by atoms with Gasteiger partial charge >= 0.3 is 5.97 Å². The van der Waals surface area contributed by atoms with Crippen LogP contribution in [0.1, 0.15) is 60.3 Å². The van der Waals surface area contributed by atoms with Gasteiger partial charge in [0.1, 0.15) is 5.54 Å². The van der Waals surface area contributed by atoms with Crippen LogP contribution < -0.4 is 5.32 Å². The van der Waals surface area contributed by atoms with Crippen molar-refractivity contribution in [2.45, 2.75) is 71.9 Å². The third-order valence-electron chi connectivity index (χ3n) is 3.63. The molecular formula is C16H34N2O2. The van der Waals surface area contributed by atoms with Gasteiger partial charge in [-0.3, -0.25) is 10.1 Å². The minimum atomic E-state index is -0.565. The van der Waals surface area contributed by atoms with Gasteiger partial charge in [0.15, 0.2) is 0 Å². The number of rotatable bonds is 11. The van der Waals surface area contributed by atoms with Crippen LogP contribution in [0.4, 0.5) is 0 Å². The summed E-state index contributed by atoms with van der Waals surface area (Å²) >= 11 is 0. The lowest BCUT2D eigenvalue weighted by Gasteiger charge is -2.30. The van der Waals surface area contributed by atoms with Gasteiger partial charge in [-0.05, 0) is 66.1 Å². The molecule has 0 saturated carbocycles. The molecular weight excluding hydrogens is 252 g/mol.